The van der Waals surface area contributed by atoms with Gasteiger partial charge in [0.05, 0.1) is 12.3 Å². The Morgan fingerprint density at radius 1 is 1.27 bits per heavy atom. The molecule has 0 bridgehead atoms. The summed E-state index contributed by atoms with van der Waals surface area (Å²) in [6.45, 7) is 13.3. The molecule has 1 heterocycles. The number of nitrogens with zero attached hydrogens (tertiary/aromatic N) is 1. The summed E-state index contributed by atoms with van der Waals surface area (Å²) in [6, 6.07) is 2.06. The van der Waals surface area contributed by atoms with E-state index in [4.69, 9.17) is 9.72 Å². The highest BCUT2D eigenvalue weighted by molar-refractivity contribution is 5.83. The topological polar surface area (TPSA) is 39.2 Å². The van der Waals surface area contributed by atoms with Gasteiger partial charge in [-0.3, -0.25) is 9.78 Å². The van der Waals surface area contributed by atoms with Crippen molar-refractivity contribution in [3.63, 3.8) is 0 Å². The average molecular weight is 303 g/mol. The van der Waals surface area contributed by atoms with E-state index in [1.807, 2.05) is 6.92 Å². The monoisotopic (exact) mass is 303 g/mol. The molecule has 122 valence electrons. The van der Waals surface area contributed by atoms with Crippen molar-refractivity contribution in [3.05, 3.63) is 29.1 Å². The van der Waals surface area contributed by atoms with E-state index < -0.39 is 0 Å². The van der Waals surface area contributed by atoms with Crippen molar-refractivity contribution >= 4 is 11.9 Å². The first-order valence-corrected chi connectivity index (χ1v) is 8.22. The van der Waals surface area contributed by atoms with Gasteiger partial charge in [0, 0.05) is 11.3 Å². The number of carbonyl (C=O) groups is 1. The van der Waals surface area contributed by atoms with Crippen molar-refractivity contribution in [2.75, 3.05) is 6.61 Å². The van der Waals surface area contributed by atoms with E-state index in [9.17, 15) is 4.79 Å². The number of unbranched alkanes of at least 4 members (excludes halogenated alkanes) is 1. The average Bonchev–Trinajstić information content (AvgIpc) is 2.47. The third-order valence-corrected chi connectivity index (χ3v) is 3.64. The molecule has 0 aromatic carbocycles. The first kappa shape index (κ1) is 18.4. The van der Waals surface area contributed by atoms with Gasteiger partial charge in [-0.1, -0.05) is 41.0 Å². The van der Waals surface area contributed by atoms with Crippen LogP contribution in [0.5, 0.6) is 5.75 Å². The normalized spacial score (nSPS) is 12.1. The van der Waals surface area contributed by atoms with Gasteiger partial charge in [-0.05, 0) is 42.9 Å². The molecular formula is C19H29NO2. The lowest BCUT2D eigenvalue weighted by molar-refractivity contribution is -0.104. The molecule has 0 aliphatic heterocycles. The molecule has 0 fully saturated rings. The second-order valence-electron chi connectivity index (χ2n) is 6.31. The summed E-state index contributed by atoms with van der Waals surface area (Å²) < 4.78 is 6.05. The summed E-state index contributed by atoms with van der Waals surface area (Å²) in [5.41, 5.74) is 3.94. The van der Waals surface area contributed by atoms with Crippen LogP contribution >= 0.6 is 0 Å². The third-order valence-electron chi connectivity index (χ3n) is 3.64. The standard InChI is InChI=1S/C19H29NO2/c1-7-8-11-22-19-16(15(6)9-10-21)12-17(13(2)3)20-18(19)14(4)5/h9-10,12-14H,7-8,11H2,1-6H3/b15-9-. The van der Waals surface area contributed by atoms with Crippen LogP contribution in [0.25, 0.3) is 5.57 Å². The van der Waals surface area contributed by atoms with Crippen LogP contribution in [-0.2, 0) is 4.79 Å². The second kappa shape index (κ2) is 8.72. The minimum absolute atomic E-state index is 0.276. The van der Waals surface area contributed by atoms with Crippen LogP contribution in [0.4, 0.5) is 0 Å². The Hall–Kier alpha value is -1.64. The lowest BCUT2D eigenvalue weighted by Crippen LogP contribution is -2.09. The summed E-state index contributed by atoms with van der Waals surface area (Å²) in [4.78, 5) is 15.7. The predicted molar refractivity (Wildman–Crippen MR) is 92.5 cm³/mol. The molecule has 0 saturated heterocycles. The van der Waals surface area contributed by atoms with Crippen molar-refractivity contribution in [1.82, 2.24) is 4.98 Å². The number of hydrogen-bond acceptors (Lipinski definition) is 3. The van der Waals surface area contributed by atoms with Crippen LogP contribution in [0.15, 0.2) is 12.1 Å². The smallest absolute Gasteiger partial charge is 0.148 e. The Balaban J connectivity index is 3.45. The largest absolute Gasteiger partial charge is 0.491 e. The fraction of sp³-hybridized carbons (Fsp3) is 0.579. The molecule has 0 atom stereocenters. The number of carbonyl (C=O) groups excluding carboxylic acids is 1. The van der Waals surface area contributed by atoms with Gasteiger partial charge < -0.3 is 4.74 Å². The van der Waals surface area contributed by atoms with Crippen LogP contribution < -0.4 is 4.74 Å². The molecule has 3 nitrogen and oxygen atoms in total. The van der Waals surface area contributed by atoms with Crippen LogP contribution in [0.2, 0.25) is 0 Å². The second-order valence-corrected chi connectivity index (χ2v) is 6.31. The van der Waals surface area contributed by atoms with E-state index in [0.717, 1.165) is 47.4 Å². The van der Waals surface area contributed by atoms with E-state index in [-0.39, 0.29) is 5.92 Å². The van der Waals surface area contributed by atoms with Gasteiger partial charge in [0.2, 0.25) is 0 Å². The SMILES string of the molecule is CCCCOc1c(/C(C)=C\C=O)cc(C(C)C)nc1C(C)C. The zero-order valence-electron chi connectivity index (χ0n) is 14.8. The van der Waals surface area contributed by atoms with E-state index >= 15 is 0 Å². The minimum atomic E-state index is 0.276. The maximum atomic E-state index is 10.9. The molecule has 3 heteroatoms. The zero-order chi connectivity index (χ0) is 16.7. The molecule has 0 aliphatic rings. The number of rotatable bonds is 8. The molecular weight excluding hydrogens is 274 g/mol. The third kappa shape index (κ3) is 4.69. The van der Waals surface area contributed by atoms with Crippen molar-refractivity contribution in [1.29, 1.82) is 0 Å². The maximum Gasteiger partial charge on any atom is 0.148 e. The van der Waals surface area contributed by atoms with Crippen LogP contribution in [0.1, 0.15) is 83.2 Å². The van der Waals surface area contributed by atoms with Gasteiger partial charge in [0.15, 0.2) is 0 Å². The van der Waals surface area contributed by atoms with Crippen molar-refractivity contribution in [2.24, 2.45) is 0 Å². The van der Waals surface area contributed by atoms with Crippen LogP contribution in [0, 0.1) is 0 Å². The van der Waals surface area contributed by atoms with Crippen molar-refractivity contribution in [3.8, 4) is 5.75 Å². The van der Waals surface area contributed by atoms with E-state index in [1.54, 1.807) is 6.08 Å². The van der Waals surface area contributed by atoms with E-state index in [1.165, 1.54) is 0 Å². The highest BCUT2D eigenvalue weighted by Crippen LogP contribution is 2.35. The molecule has 0 spiro atoms. The maximum absolute atomic E-state index is 10.9. The van der Waals surface area contributed by atoms with Gasteiger partial charge in [0.1, 0.15) is 12.0 Å². The van der Waals surface area contributed by atoms with E-state index in [0.29, 0.717) is 12.5 Å². The number of pyridine rings is 1. The van der Waals surface area contributed by atoms with Crippen LogP contribution in [-0.4, -0.2) is 17.9 Å². The Labute approximate surface area is 134 Å². The van der Waals surface area contributed by atoms with Crippen LogP contribution in [0.3, 0.4) is 0 Å². The lowest BCUT2D eigenvalue weighted by atomic mass is 9.97. The molecule has 0 radical (unpaired) electrons. The predicted octanol–water partition coefficient (Wildman–Crippen LogP) is 5.11. The highest BCUT2D eigenvalue weighted by atomic mass is 16.5. The van der Waals surface area contributed by atoms with Crippen molar-refractivity contribution in [2.45, 2.75) is 66.2 Å². The summed E-state index contributed by atoms with van der Waals surface area (Å²) in [6.07, 6.45) is 4.53. The summed E-state index contributed by atoms with van der Waals surface area (Å²) >= 11 is 0. The number of allylic oxidation sites excluding steroid dienone is 2. The number of hydrogen-bond donors (Lipinski definition) is 0. The summed E-state index contributed by atoms with van der Waals surface area (Å²) in [5.74, 6) is 1.45. The Kier molecular flexibility index (Phi) is 7.30. The highest BCUT2D eigenvalue weighted by Gasteiger charge is 2.19. The fourth-order valence-electron chi connectivity index (χ4n) is 2.22. The first-order valence-electron chi connectivity index (χ1n) is 8.22. The number of ether oxygens (including phenoxy) is 1. The molecule has 0 aliphatic carbocycles. The quantitative estimate of drug-likeness (QED) is 0.380. The Morgan fingerprint density at radius 3 is 2.45 bits per heavy atom. The van der Waals surface area contributed by atoms with Gasteiger partial charge >= 0.3 is 0 Å². The Bertz CT molecular complexity index is 530. The molecule has 0 unspecified atom stereocenters. The molecule has 22 heavy (non-hydrogen) atoms. The van der Waals surface area contributed by atoms with Gasteiger partial charge in [0.25, 0.3) is 0 Å². The fourth-order valence-corrected chi connectivity index (χ4v) is 2.22. The lowest BCUT2D eigenvalue weighted by Gasteiger charge is -2.20. The first-order chi connectivity index (χ1) is 10.4. The molecule has 1 aromatic rings. The van der Waals surface area contributed by atoms with Crippen molar-refractivity contribution < 1.29 is 9.53 Å². The minimum Gasteiger partial charge on any atom is -0.491 e. The van der Waals surface area contributed by atoms with E-state index in [2.05, 4.69) is 40.7 Å². The molecule has 0 amide bonds. The van der Waals surface area contributed by atoms with Gasteiger partial charge in [-0.15, -0.1) is 0 Å². The zero-order valence-corrected chi connectivity index (χ0v) is 14.8. The number of aldehydes is 1. The number of aromatic nitrogens is 1. The molecule has 1 rings (SSSR count). The van der Waals surface area contributed by atoms with Gasteiger partial charge in [-0.25, -0.2) is 0 Å². The summed E-state index contributed by atoms with van der Waals surface area (Å²) in [7, 11) is 0. The Morgan fingerprint density at radius 2 is 1.95 bits per heavy atom. The molecule has 0 N–H and O–H groups in total. The molecule has 1 aromatic heterocycles. The van der Waals surface area contributed by atoms with Gasteiger partial charge in [-0.2, -0.15) is 0 Å². The molecule has 0 saturated carbocycles. The summed E-state index contributed by atoms with van der Waals surface area (Å²) in [5, 5.41) is 0.